The van der Waals surface area contributed by atoms with E-state index in [-0.39, 0.29) is 11.5 Å². The van der Waals surface area contributed by atoms with Gasteiger partial charge in [0.25, 0.3) is 5.56 Å². The van der Waals surface area contributed by atoms with E-state index in [0.29, 0.717) is 12.2 Å². The Labute approximate surface area is 103 Å². The zero-order chi connectivity index (χ0) is 12.3. The zero-order valence-corrected chi connectivity index (χ0v) is 11.2. The second-order valence-electron chi connectivity index (χ2n) is 3.97. The molecule has 0 aliphatic heterocycles. The Morgan fingerprint density at radius 1 is 1.50 bits per heavy atom. The van der Waals surface area contributed by atoms with Gasteiger partial charge in [0.1, 0.15) is 0 Å². The number of alkyl halides is 1. The predicted octanol–water partition coefficient (Wildman–Crippen LogP) is 1.98. The van der Waals surface area contributed by atoms with Crippen LogP contribution in [-0.2, 0) is 11.3 Å². The van der Waals surface area contributed by atoms with Gasteiger partial charge in [0.2, 0.25) is 5.91 Å². The van der Waals surface area contributed by atoms with E-state index >= 15 is 0 Å². The molecule has 1 rings (SSSR count). The largest absolute Gasteiger partial charge is 0.324 e. The molecule has 1 amide bonds. The highest BCUT2D eigenvalue weighted by Crippen LogP contribution is 2.18. The third kappa shape index (κ3) is 3.20. The van der Waals surface area contributed by atoms with Gasteiger partial charge in [-0.05, 0) is 26.8 Å². The lowest BCUT2D eigenvalue weighted by Crippen LogP contribution is -2.31. The average Bonchev–Trinajstić information content (AvgIpc) is 2.19. The number of nitrogens with zero attached hydrogens (tertiary/aromatic N) is 1. The normalized spacial score (nSPS) is 11.2. The van der Waals surface area contributed by atoms with E-state index in [4.69, 9.17) is 0 Å². The summed E-state index contributed by atoms with van der Waals surface area (Å²) in [4.78, 5) is 23.0. The summed E-state index contributed by atoms with van der Waals surface area (Å²) in [5, 5.41) is 2.74. The van der Waals surface area contributed by atoms with Gasteiger partial charge in [0.15, 0.2) is 0 Å². The van der Waals surface area contributed by atoms with Crippen molar-refractivity contribution in [2.45, 2.75) is 31.6 Å². The third-order valence-corrected chi connectivity index (χ3v) is 2.48. The standard InChI is InChI=1S/C11H15BrN2O2/c1-4-14-7-8(5-6-9(14)15)13-10(16)11(2,3)12/h5-7H,4H2,1-3H3,(H,13,16). The maximum absolute atomic E-state index is 11.7. The Hall–Kier alpha value is -1.10. The zero-order valence-electron chi connectivity index (χ0n) is 9.58. The SMILES string of the molecule is CCn1cc(NC(=O)C(C)(C)Br)ccc1=O. The van der Waals surface area contributed by atoms with Crippen molar-refractivity contribution in [3.8, 4) is 0 Å². The third-order valence-electron chi connectivity index (χ3n) is 2.12. The first-order valence-corrected chi connectivity index (χ1v) is 5.84. The number of hydrogen-bond acceptors (Lipinski definition) is 2. The average molecular weight is 287 g/mol. The molecule has 4 nitrogen and oxygen atoms in total. The molecule has 1 aromatic heterocycles. The minimum absolute atomic E-state index is 0.0707. The molecule has 1 N–H and O–H groups in total. The number of aromatic nitrogens is 1. The Morgan fingerprint density at radius 2 is 2.12 bits per heavy atom. The van der Waals surface area contributed by atoms with E-state index in [2.05, 4.69) is 21.2 Å². The molecule has 0 spiro atoms. The Kier molecular flexibility index (Phi) is 3.91. The van der Waals surface area contributed by atoms with E-state index < -0.39 is 4.32 Å². The number of carbonyl (C=O) groups is 1. The van der Waals surface area contributed by atoms with Crippen LogP contribution >= 0.6 is 15.9 Å². The van der Waals surface area contributed by atoms with Crippen molar-refractivity contribution in [2.24, 2.45) is 0 Å². The Balaban J connectivity index is 2.91. The molecule has 0 saturated heterocycles. The number of halogens is 1. The predicted molar refractivity (Wildman–Crippen MR) is 68.0 cm³/mol. The molecule has 88 valence electrons. The summed E-state index contributed by atoms with van der Waals surface area (Å²) in [6, 6.07) is 3.05. The summed E-state index contributed by atoms with van der Waals surface area (Å²) in [7, 11) is 0. The monoisotopic (exact) mass is 286 g/mol. The van der Waals surface area contributed by atoms with Crippen molar-refractivity contribution in [3.63, 3.8) is 0 Å². The van der Waals surface area contributed by atoms with Gasteiger partial charge in [-0.3, -0.25) is 9.59 Å². The number of anilines is 1. The summed E-state index contributed by atoms with van der Waals surface area (Å²) in [5.41, 5.74) is 0.553. The van der Waals surface area contributed by atoms with Crippen LogP contribution in [-0.4, -0.2) is 14.8 Å². The maximum Gasteiger partial charge on any atom is 0.250 e. The molecule has 16 heavy (non-hydrogen) atoms. The molecule has 0 fully saturated rings. The van der Waals surface area contributed by atoms with Gasteiger partial charge in [0, 0.05) is 18.8 Å². The fourth-order valence-electron chi connectivity index (χ4n) is 1.13. The number of pyridine rings is 1. The molecule has 1 heterocycles. The molecule has 0 bridgehead atoms. The van der Waals surface area contributed by atoms with Crippen LogP contribution in [0.5, 0.6) is 0 Å². The van der Waals surface area contributed by atoms with Crippen LogP contribution in [0.4, 0.5) is 5.69 Å². The van der Waals surface area contributed by atoms with E-state index in [1.165, 1.54) is 10.6 Å². The second kappa shape index (κ2) is 4.82. The molecule has 0 aliphatic carbocycles. The van der Waals surface area contributed by atoms with Crippen molar-refractivity contribution < 1.29 is 4.79 Å². The molecule has 0 radical (unpaired) electrons. The van der Waals surface area contributed by atoms with Crippen LogP contribution < -0.4 is 10.9 Å². The summed E-state index contributed by atoms with van der Waals surface area (Å²) >= 11 is 3.27. The van der Waals surface area contributed by atoms with Crippen molar-refractivity contribution >= 4 is 27.5 Å². The minimum atomic E-state index is -0.625. The van der Waals surface area contributed by atoms with E-state index in [0.717, 1.165) is 0 Å². The lowest BCUT2D eigenvalue weighted by molar-refractivity contribution is -0.117. The number of carbonyl (C=O) groups excluding carboxylic acids is 1. The van der Waals surface area contributed by atoms with Gasteiger partial charge < -0.3 is 9.88 Å². The summed E-state index contributed by atoms with van der Waals surface area (Å²) < 4.78 is 0.914. The molecular weight excluding hydrogens is 272 g/mol. The number of nitrogens with one attached hydrogen (secondary N) is 1. The highest BCUT2D eigenvalue weighted by atomic mass is 79.9. The Morgan fingerprint density at radius 3 is 2.62 bits per heavy atom. The highest BCUT2D eigenvalue weighted by Gasteiger charge is 2.23. The molecule has 0 unspecified atom stereocenters. The van der Waals surface area contributed by atoms with Crippen LogP contribution in [0, 0.1) is 0 Å². The molecule has 0 aliphatic rings. The first-order valence-electron chi connectivity index (χ1n) is 5.05. The highest BCUT2D eigenvalue weighted by molar-refractivity contribution is 9.10. The molecular formula is C11H15BrN2O2. The fourth-order valence-corrected chi connectivity index (χ4v) is 1.23. The molecule has 5 heteroatoms. The number of amides is 1. The van der Waals surface area contributed by atoms with E-state index in [1.54, 1.807) is 26.1 Å². The maximum atomic E-state index is 11.7. The van der Waals surface area contributed by atoms with E-state index in [1.807, 2.05) is 6.92 Å². The first kappa shape index (κ1) is 13.0. The van der Waals surface area contributed by atoms with Gasteiger partial charge in [-0.25, -0.2) is 0 Å². The lowest BCUT2D eigenvalue weighted by Gasteiger charge is -2.16. The second-order valence-corrected chi connectivity index (χ2v) is 5.95. The molecule has 1 aromatic rings. The number of hydrogen-bond donors (Lipinski definition) is 1. The van der Waals surface area contributed by atoms with E-state index in [9.17, 15) is 9.59 Å². The van der Waals surface area contributed by atoms with Crippen LogP contribution in [0.3, 0.4) is 0 Å². The van der Waals surface area contributed by atoms with Gasteiger partial charge in [-0.1, -0.05) is 15.9 Å². The van der Waals surface area contributed by atoms with Crippen LogP contribution in [0.1, 0.15) is 20.8 Å². The topological polar surface area (TPSA) is 51.1 Å². The summed E-state index contributed by atoms with van der Waals surface area (Å²) in [6.07, 6.45) is 1.64. The first-order chi connectivity index (χ1) is 7.34. The van der Waals surface area contributed by atoms with Gasteiger partial charge in [0.05, 0.1) is 10.0 Å². The molecule has 0 saturated carbocycles. The lowest BCUT2D eigenvalue weighted by atomic mass is 10.2. The molecule has 0 atom stereocenters. The van der Waals surface area contributed by atoms with Crippen LogP contribution in [0.25, 0.3) is 0 Å². The van der Waals surface area contributed by atoms with Crippen molar-refractivity contribution in [1.82, 2.24) is 4.57 Å². The quantitative estimate of drug-likeness (QED) is 0.864. The van der Waals surface area contributed by atoms with Crippen LogP contribution in [0.15, 0.2) is 23.1 Å². The molecule has 0 aromatic carbocycles. The smallest absolute Gasteiger partial charge is 0.250 e. The fraction of sp³-hybridized carbons (Fsp3) is 0.455. The van der Waals surface area contributed by atoms with Crippen molar-refractivity contribution in [2.75, 3.05) is 5.32 Å². The minimum Gasteiger partial charge on any atom is -0.324 e. The van der Waals surface area contributed by atoms with Gasteiger partial charge in [-0.2, -0.15) is 0 Å². The summed E-state index contributed by atoms with van der Waals surface area (Å²) in [6.45, 7) is 5.98. The van der Waals surface area contributed by atoms with Gasteiger partial charge in [-0.15, -0.1) is 0 Å². The van der Waals surface area contributed by atoms with Gasteiger partial charge >= 0.3 is 0 Å². The number of aryl methyl sites for hydroxylation is 1. The van der Waals surface area contributed by atoms with Crippen LogP contribution in [0.2, 0.25) is 0 Å². The van der Waals surface area contributed by atoms with Crippen molar-refractivity contribution in [3.05, 3.63) is 28.7 Å². The Bertz CT molecular complexity index is 446. The van der Waals surface area contributed by atoms with Crippen molar-refractivity contribution in [1.29, 1.82) is 0 Å². The summed E-state index contributed by atoms with van der Waals surface area (Å²) in [5.74, 6) is -0.145. The number of rotatable bonds is 3.